The maximum absolute atomic E-state index is 12.4. The molecule has 2 unspecified atom stereocenters. The lowest BCUT2D eigenvalue weighted by Gasteiger charge is -2.57. The molecule has 0 aromatic rings. The van der Waals surface area contributed by atoms with Crippen molar-refractivity contribution in [3.8, 4) is 0 Å². The van der Waals surface area contributed by atoms with Crippen molar-refractivity contribution in [2.45, 2.75) is 64.3 Å². The molecule has 5 nitrogen and oxygen atoms in total. The van der Waals surface area contributed by atoms with Crippen LogP contribution in [-0.2, 0) is 14.3 Å². The smallest absolute Gasteiger partial charge is 0.162 e. The molecule has 142 valence electrons. The Labute approximate surface area is 153 Å². The van der Waals surface area contributed by atoms with Crippen LogP contribution in [0, 0.1) is 34.5 Å². The number of aliphatic hydroxyl groups is 2. The molecule has 4 aliphatic carbocycles. The van der Waals surface area contributed by atoms with Crippen LogP contribution in [0.1, 0.15) is 51.9 Å². The number of hydrogen-bond donors (Lipinski definition) is 2. The molecule has 2 bridgehead atoms. The van der Waals surface area contributed by atoms with Gasteiger partial charge >= 0.3 is 0 Å². The molecule has 8 atom stereocenters. The number of carbonyl (C=O) groups is 2. The summed E-state index contributed by atoms with van der Waals surface area (Å²) >= 11 is 0. The Morgan fingerprint density at radius 3 is 2.88 bits per heavy atom. The van der Waals surface area contributed by atoms with E-state index in [-0.39, 0.29) is 34.9 Å². The second-order valence-electron chi connectivity index (χ2n) is 9.49. The molecule has 0 aromatic carbocycles. The summed E-state index contributed by atoms with van der Waals surface area (Å²) < 4.78 is 6.13. The number of fused-ring (bicyclic) bond motifs is 6. The molecule has 0 aromatic heterocycles. The van der Waals surface area contributed by atoms with E-state index in [0.29, 0.717) is 24.7 Å². The summed E-state index contributed by atoms with van der Waals surface area (Å²) in [6.45, 7) is 1.84. The number of ether oxygens (including phenoxy) is 1. The lowest BCUT2D eigenvalue weighted by Crippen LogP contribution is -2.55. The maximum Gasteiger partial charge on any atom is 0.162 e. The van der Waals surface area contributed by atoms with Gasteiger partial charge in [-0.25, -0.2) is 0 Å². The molecule has 1 heterocycles. The summed E-state index contributed by atoms with van der Waals surface area (Å²) in [6.07, 6.45) is 6.72. The van der Waals surface area contributed by atoms with E-state index >= 15 is 0 Å². The van der Waals surface area contributed by atoms with Crippen LogP contribution in [-0.4, -0.2) is 40.8 Å². The molecule has 3 saturated carbocycles. The molecule has 5 aliphatic rings. The lowest BCUT2D eigenvalue weighted by molar-refractivity contribution is -0.160. The van der Waals surface area contributed by atoms with Gasteiger partial charge in [0.05, 0.1) is 6.10 Å². The predicted octanol–water partition coefficient (Wildman–Crippen LogP) is 2.00. The van der Waals surface area contributed by atoms with Crippen molar-refractivity contribution in [1.29, 1.82) is 0 Å². The van der Waals surface area contributed by atoms with E-state index in [0.717, 1.165) is 32.1 Å². The predicted molar refractivity (Wildman–Crippen MR) is 92.9 cm³/mol. The van der Waals surface area contributed by atoms with Gasteiger partial charge in [-0.2, -0.15) is 0 Å². The molecule has 0 radical (unpaired) electrons. The number of aliphatic hydroxyl groups excluding tert-OH is 2. The first-order valence-electron chi connectivity index (χ1n) is 10.1. The van der Waals surface area contributed by atoms with Gasteiger partial charge in [-0.15, -0.1) is 0 Å². The molecule has 2 N–H and O–H groups in total. The molecule has 1 spiro atoms. The Morgan fingerprint density at radius 1 is 1.31 bits per heavy atom. The second-order valence-corrected chi connectivity index (χ2v) is 9.49. The van der Waals surface area contributed by atoms with E-state index in [9.17, 15) is 19.8 Å². The van der Waals surface area contributed by atoms with Crippen molar-refractivity contribution >= 4 is 11.6 Å². The largest absolute Gasteiger partial charge is 0.389 e. The Balaban J connectivity index is 1.57. The number of Topliss-reactive ketones (excluding diaryl/α,β-unsaturated/α-hetero) is 1. The summed E-state index contributed by atoms with van der Waals surface area (Å²) in [5, 5.41) is 20.4. The van der Waals surface area contributed by atoms with E-state index in [4.69, 9.17) is 4.74 Å². The van der Waals surface area contributed by atoms with Gasteiger partial charge in [0.2, 0.25) is 0 Å². The summed E-state index contributed by atoms with van der Waals surface area (Å²) in [4.78, 5) is 24.4. The van der Waals surface area contributed by atoms with Gasteiger partial charge in [0.1, 0.15) is 6.61 Å². The highest BCUT2D eigenvalue weighted by molar-refractivity contribution is 5.91. The number of carbonyl (C=O) groups excluding carboxylic acids is 2. The lowest BCUT2D eigenvalue weighted by atomic mass is 9.46. The average molecular weight is 360 g/mol. The van der Waals surface area contributed by atoms with Gasteiger partial charge in [0.15, 0.2) is 17.9 Å². The van der Waals surface area contributed by atoms with Crippen molar-refractivity contribution in [2.75, 3.05) is 6.61 Å². The van der Waals surface area contributed by atoms with Gasteiger partial charge < -0.3 is 14.9 Å². The van der Waals surface area contributed by atoms with Crippen LogP contribution in [0.4, 0.5) is 0 Å². The zero-order chi connectivity index (χ0) is 18.3. The van der Waals surface area contributed by atoms with E-state index in [1.165, 1.54) is 5.57 Å². The molecule has 1 aliphatic heterocycles. The van der Waals surface area contributed by atoms with Crippen LogP contribution < -0.4 is 0 Å². The number of hydrogen-bond acceptors (Lipinski definition) is 5. The summed E-state index contributed by atoms with van der Waals surface area (Å²) in [6, 6.07) is 0. The van der Waals surface area contributed by atoms with E-state index < -0.39 is 18.3 Å². The first-order chi connectivity index (χ1) is 12.4. The Hall–Kier alpha value is -1.04. The highest BCUT2D eigenvalue weighted by atomic mass is 16.6. The summed E-state index contributed by atoms with van der Waals surface area (Å²) in [5.41, 5.74) is 0.735. The Morgan fingerprint density at radius 2 is 2.12 bits per heavy atom. The standard InChI is InChI=1S/C21H28O5/c1-20-7-6-12(23)8-11(20)2-3-13-14-4-5-15(16(24)10-22)21(14)9-17(18(13)20)26-19(21)25/h8,13-15,17-19,22,25H,2-7,9-10H2,1H3/t13-,14-,15+,17?,18+,19?,20-,21+/m0/s1. The quantitative estimate of drug-likeness (QED) is 0.787. The monoisotopic (exact) mass is 360 g/mol. The number of ketones is 2. The molecular weight excluding hydrogens is 332 g/mol. The average Bonchev–Trinajstić information content (AvgIpc) is 3.14. The Kier molecular flexibility index (Phi) is 3.61. The molecule has 4 fully saturated rings. The fourth-order valence-electron chi connectivity index (χ4n) is 7.80. The van der Waals surface area contributed by atoms with Gasteiger partial charge in [0, 0.05) is 17.8 Å². The normalized spacial score (nSPS) is 52.1. The highest BCUT2D eigenvalue weighted by Crippen LogP contribution is 2.71. The first-order valence-corrected chi connectivity index (χ1v) is 10.1. The van der Waals surface area contributed by atoms with Crippen LogP contribution >= 0.6 is 0 Å². The molecular formula is C21H28O5. The van der Waals surface area contributed by atoms with Crippen LogP contribution in [0.2, 0.25) is 0 Å². The minimum absolute atomic E-state index is 0.0310. The van der Waals surface area contributed by atoms with Gasteiger partial charge in [0.25, 0.3) is 0 Å². The number of rotatable bonds is 2. The van der Waals surface area contributed by atoms with Crippen molar-refractivity contribution < 1.29 is 24.5 Å². The topological polar surface area (TPSA) is 83.8 Å². The van der Waals surface area contributed by atoms with Gasteiger partial charge in [-0.3, -0.25) is 9.59 Å². The van der Waals surface area contributed by atoms with Crippen LogP contribution in [0.5, 0.6) is 0 Å². The van der Waals surface area contributed by atoms with E-state index in [1.54, 1.807) is 0 Å². The third-order valence-corrected chi connectivity index (χ3v) is 8.79. The Bertz CT molecular complexity index is 699. The zero-order valence-corrected chi connectivity index (χ0v) is 15.3. The summed E-state index contributed by atoms with van der Waals surface area (Å²) in [7, 11) is 0. The van der Waals surface area contributed by atoms with E-state index in [1.807, 2.05) is 6.08 Å². The fraction of sp³-hybridized carbons (Fsp3) is 0.810. The second kappa shape index (κ2) is 5.49. The molecule has 0 amide bonds. The number of allylic oxidation sites excluding steroid dienone is 1. The highest BCUT2D eigenvalue weighted by Gasteiger charge is 2.71. The van der Waals surface area contributed by atoms with Gasteiger partial charge in [-0.05, 0) is 67.8 Å². The minimum Gasteiger partial charge on any atom is -0.389 e. The minimum atomic E-state index is -0.910. The van der Waals surface area contributed by atoms with Crippen LogP contribution in [0.3, 0.4) is 0 Å². The van der Waals surface area contributed by atoms with Crippen molar-refractivity contribution in [1.82, 2.24) is 0 Å². The molecule has 5 heteroatoms. The first kappa shape index (κ1) is 17.1. The zero-order valence-electron chi connectivity index (χ0n) is 15.3. The van der Waals surface area contributed by atoms with Crippen molar-refractivity contribution in [3.05, 3.63) is 11.6 Å². The third-order valence-electron chi connectivity index (χ3n) is 8.79. The third kappa shape index (κ3) is 1.92. The van der Waals surface area contributed by atoms with Crippen molar-refractivity contribution in [3.63, 3.8) is 0 Å². The molecule has 1 saturated heterocycles. The van der Waals surface area contributed by atoms with Crippen molar-refractivity contribution in [2.24, 2.45) is 34.5 Å². The summed E-state index contributed by atoms with van der Waals surface area (Å²) in [5.74, 6) is 0.837. The van der Waals surface area contributed by atoms with Crippen LogP contribution in [0.25, 0.3) is 0 Å². The van der Waals surface area contributed by atoms with Crippen LogP contribution in [0.15, 0.2) is 11.6 Å². The fourth-order valence-corrected chi connectivity index (χ4v) is 7.80. The maximum atomic E-state index is 12.4. The molecule has 5 rings (SSSR count). The van der Waals surface area contributed by atoms with Gasteiger partial charge in [-0.1, -0.05) is 12.5 Å². The SMILES string of the molecule is C[C@]12CCC(=O)C=C1CC[C@H]1[C@@H]3CC[C@H](C(=O)CO)[C@@]34CC(OC4O)[C@@H]12. The van der Waals surface area contributed by atoms with E-state index in [2.05, 4.69) is 6.92 Å². The molecule has 26 heavy (non-hydrogen) atoms.